The number of carbonyl (C=O) groups is 2. The molecule has 0 aliphatic carbocycles. The minimum absolute atomic E-state index is 0.289. The molecular formula is C17H19F3N2O3. The Morgan fingerprint density at radius 1 is 1.16 bits per heavy atom. The second-order valence-electron chi connectivity index (χ2n) is 5.47. The lowest BCUT2D eigenvalue weighted by atomic mass is 10.1. The third-order valence-electron chi connectivity index (χ3n) is 3.75. The van der Waals surface area contributed by atoms with Gasteiger partial charge in [0.15, 0.2) is 0 Å². The lowest BCUT2D eigenvalue weighted by Gasteiger charge is -2.33. The highest BCUT2D eigenvalue weighted by Gasteiger charge is 2.30. The summed E-state index contributed by atoms with van der Waals surface area (Å²) in [6.45, 7) is 3.44. The number of benzene rings is 1. The van der Waals surface area contributed by atoms with Crippen molar-refractivity contribution >= 4 is 18.1 Å². The third kappa shape index (κ3) is 5.23. The van der Waals surface area contributed by atoms with Gasteiger partial charge >= 0.3 is 12.3 Å². The molecule has 1 aromatic rings. The van der Waals surface area contributed by atoms with E-state index in [1.165, 1.54) is 29.2 Å². The van der Waals surface area contributed by atoms with Gasteiger partial charge in [0.05, 0.1) is 12.2 Å². The van der Waals surface area contributed by atoms with Crippen molar-refractivity contribution in [1.82, 2.24) is 9.80 Å². The molecule has 0 spiro atoms. The lowest BCUT2D eigenvalue weighted by molar-refractivity contribution is -0.137. The van der Waals surface area contributed by atoms with Crippen LogP contribution in [-0.2, 0) is 15.7 Å². The normalized spacial score (nSPS) is 15.5. The number of hydrogen-bond acceptors (Lipinski definition) is 3. The highest BCUT2D eigenvalue weighted by atomic mass is 19.4. The molecule has 0 bridgehead atoms. The predicted molar refractivity (Wildman–Crippen MR) is 85.7 cm³/mol. The second-order valence-corrected chi connectivity index (χ2v) is 5.47. The average molecular weight is 356 g/mol. The van der Waals surface area contributed by atoms with Gasteiger partial charge in [0.1, 0.15) is 0 Å². The van der Waals surface area contributed by atoms with Crippen LogP contribution in [0, 0.1) is 0 Å². The number of nitrogens with zero attached hydrogens (tertiary/aromatic N) is 2. The number of alkyl halides is 3. The van der Waals surface area contributed by atoms with Gasteiger partial charge in [-0.1, -0.05) is 12.1 Å². The van der Waals surface area contributed by atoms with Crippen LogP contribution in [0.2, 0.25) is 0 Å². The van der Waals surface area contributed by atoms with Gasteiger partial charge in [-0.25, -0.2) is 4.79 Å². The van der Waals surface area contributed by atoms with Gasteiger partial charge < -0.3 is 14.5 Å². The Hall–Kier alpha value is -2.51. The number of amides is 2. The fraction of sp³-hybridized carbons (Fsp3) is 0.412. The SMILES string of the molecule is CCOC(=O)N1CCN(C(=O)/C=C/c2cccc(C(F)(F)F)c2)CC1. The number of rotatable bonds is 3. The monoisotopic (exact) mass is 356 g/mol. The van der Waals surface area contributed by atoms with Crippen molar-refractivity contribution in [1.29, 1.82) is 0 Å². The van der Waals surface area contributed by atoms with Crippen LogP contribution in [0.4, 0.5) is 18.0 Å². The summed E-state index contributed by atoms with van der Waals surface area (Å²) >= 11 is 0. The molecule has 8 heteroatoms. The predicted octanol–water partition coefficient (Wildman–Crippen LogP) is 3.02. The zero-order chi connectivity index (χ0) is 18.4. The molecule has 0 unspecified atom stereocenters. The molecule has 1 saturated heterocycles. The van der Waals surface area contributed by atoms with Crippen molar-refractivity contribution in [2.45, 2.75) is 13.1 Å². The number of halogens is 3. The van der Waals surface area contributed by atoms with E-state index in [-0.39, 0.29) is 12.5 Å². The number of carbonyl (C=O) groups excluding carboxylic acids is 2. The average Bonchev–Trinajstić information content (AvgIpc) is 2.59. The molecule has 0 saturated carbocycles. The van der Waals surface area contributed by atoms with E-state index in [0.717, 1.165) is 12.1 Å². The van der Waals surface area contributed by atoms with Crippen LogP contribution in [0.15, 0.2) is 30.3 Å². The molecule has 2 amide bonds. The minimum atomic E-state index is -4.42. The van der Waals surface area contributed by atoms with E-state index in [4.69, 9.17) is 4.74 Å². The largest absolute Gasteiger partial charge is 0.450 e. The molecule has 0 aromatic heterocycles. The van der Waals surface area contributed by atoms with Crippen LogP contribution >= 0.6 is 0 Å². The fourth-order valence-corrected chi connectivity index (χ4v) is 2.42. The van der Waals surface area contributed by atoms with Crippen LogP contribution in [0.3, 0.4) is 0 Å². The zero-order valence-electron chi connectivity index (χ0n) is 13.8. The second kappa shape index (κ2) is 8.04. The molecule has 25 heavy (non-hydrogen) atoms. The highest BCUT2D eigenvalue weighted by Crippen LogP contribution is 2.29. The van der Waals surface area contributed by atoms with Crippen LogP contribution in [0.5, 0.6) is 0 Å². The van der Waals surface area contributed by atoms with Crippen LogP contribution < -0.4 is 0 Å². The smallest absolute Gasteiger partial charge is 0.416 e. The summed E-state index contributed by atoms with van der Waals surface area (Å²) in [6.07, 6.45) is -2.23. The zero-order valence-corrected chi connectivity index (χ0v) is 13.8. The summed E-state index contributed by atoms with van der Waals surface area (Å²) in [7, 11) is 0. The van der Waals surface area contributed by atoms with E-state index < -0.39 is 17.8 Å². The molecule has 1 heterocycles. The van der Waals surface area contributed by atoms with Gasteiger partial charge in [-0.15, -0.1) is 0 Å². The molecule has 1 aromatic carbocycles. The first-order chi connectivity index (χ1) is 11.8. The highest BCUT2D eigenvalue weighted by molar-refractivity contribution is 5.92. The molecular weight excluding hydrogens is 337 g/mol. The van der Waals surface area contributed by atoms with Crippen molar-refractivity contribution in [3.63, 3.8) is 0 Å². The van der Waals surface area contributed by atoms with Gasteiger partial charge in [-0.05, 0) is 30.7 Å². The summed E-state index contributed by atoms with van der Waals surface area (Å²) in [5, 5.41) is 0. The minimum Gasteiger partial charge on any atom is -0.450 e. The molecule has 1 fully saturated rings. The first-order valence-electron chi connectivity index (χ1n) is 7.87. The van der Waals surface area contributed by atoms with E-state index in [1.54, 1.807) is 11.8 Å². The lowest BCUT2D eigenvalue weighted by Crippen LogP contribution is -2.50. The summed E-state index contributed by atoms with van der Waals surface area (Å²) in [5.74, 6) is -0.305. The van der Waals surface area contributed by atoms with Gasteiger partial charge in [-0.2, -0.15) is 13.2 Å². The Morgan fingerprint density at radius 3 is 2.40 bits per heavy atom. The van der Waals surface area contributed by atoms with Gasteiger partial charge in [-0.3, -0.25) is 4.79 Å². The van der Waals surface area contributed by atoms with Gasteiger partial charge in [0.25, 0.3) is 0 Å². The third-order valence-corrected chi connectivity index (χ3v) is 3.75. The van der Waals surface area contributed by atoms with Crippen molar-refractivity contribution in [3.8, 4) is 0 Å². The molecule has 2 rings (SSSR count). The summed E-state index contributed by atoms with van der Waals surface area (Å²) in [4.78, 5) is 26.8. The molecule has 0 radical (unpaired) electrons. The molecule has 0 atom stereocenters. The van der Waals surface area contributed by atoms with E-state index in [9.17, 15) is 22.8 Å². The Morgan fingerprint density at radius 2 is 1.80 bits per heavy atom. The summed E-state index contributed by atoms with van der Waals surface area (Å²) < 4.78 is 42.9. The van der Waals surface area contributed by atoms with E-state index in [2.05, 4.69) is 0 Å². The number of hydrogen-bond donors (Lipinski definition) is 0. The van der Waals surface area contributed by atoms with Gasteiger partial charge in [0, 0.05) is 32.3 Å². The Bertz CT molecular complexity index is 651. The topological polar surface area (TPSA) is 49.9 Å². The summed E-state index contributed by atoms with van der Waals surface area (Å²) in [5.41, 5.74) is -0.460. The maximum Gasteiger partial charge on any atom is 0.416 e. The van der Waals surface area contributed by atoms with Crippen LogP contribution in [0.25, 0.3) is 6.08 Å². The number of ether oxygens (including phenoxy) is 1. The molecule has 1 aliphatic heterocycles. The van der Waals surface area contributed by atoms with Crippen LogP contribution in [-0.4, -0.2) is 54.6 Å². The van der Waals surface area contributed by atoms with E-state index in [0.29, 0.717) is 31.7 Å². The van der Waals surface area contributed by atoms with E-state index >= 15 is 0 Å². The standard InChI is InChI=1S/C17H19F3N2O3/c1-2-25-16(24)22-10-8-21(9-11-22)15(23)7-6-13-4-3-5-14(12-13)17(18,19)20/h3-7,12H,2,8-11H2,1H3/b7-6+. The Kier molecular flexibility index (Phi) is 6.06. The molecule has 5 nitrogen and oxygen atoms in total. The van der Waals surface area contributed by atoms with Crippen molar-refractivity contribution in [2.24, 2.45) is 0 Å². The Balaban J connectivity index is 1.93. The number of piperazine rings is 1. The maximum atomic E-state index is 12.7. The van der Waals surface area contributed by atoms with Crippen molar-refractivity contribution in [3.05, 3.63) is 41.5 Å². The Labute approximate surface area is 143 Å². The van der Waals surface area contributed by atoms with E-state index in [1.807, 2.05) is 0 Å². The van der Waals surface area contributed by atoms with Crippen molar-refractivity contribution < 1.29 is 27.5 Å². The molecule has 0 N–H and O–H groups in total. The van der Waals surface area contributed by atoms with Crippen LogP contribution in [0.1, 0.15) is 18.1 Å². The molecule has 1 aliphatic rings. The summed E-state index contributed by atoms with van der Waals surface area (Å²) in [6, 6.07) is 4.76. The van der Waals surface area contributed by atoms with Crippen molar-refractivity contribution in [2.75, 3.05) is 32.8 Å². The molecule has 136 valence electrons. The maximum absolute atomic E-state index is 12.7. The first-order valence-corrected chi connectivity index (χ1v) is 7.87. The fourth-order valence-electron chi connectivity index (χ4n) is 2.42. The van der Waals surface area contributed by atoms with Gasteiger partial charge in [0.2, 0.25) is 5.91 Å². The first kappa shape index (κ1) is 18.8. The quantitative estimate of drug-likeness (QED) is 0.783.